The van der Waals surface area contributed by atoms with Crippen LogP contribution in [0.15, 0.2) is 12.2 Å². The Balaban J connectivity index is 2.19. The second-order valence-corrected chi connectivity index (χ2v) is 6.08. The zero-order chi connectivity index (χ0) is 14.3. The van der Waals surface area contributed by atoms with E-state index in [0.717, 1.165) is 6.42 Å². The standard InChI is InChI=1S/C15H22O4/c1-7(2)14(16)18-12-8(3)6-11-9(4)13(12)19-15(17)10(11)5/h8-13H,1,6H2,2-5H3. The van der Waals surface area contributed by atoms with E-state index in [0.29, 0.717) is 11.5 Å². The van der Waals surface area contributed by atoms with Crippen LogP contribution in [0.5, 0.6) is 0 Å². The van der Waals surface area contributed by atoms with Crippen molar-refractivity contribution in [3.63, 3.8) is 0 Å². The lowest BCUT2D eigenvalue weighted by Gasteiger charge is -2.49. The third kappa shape index (κ3) is 2.40. The third-order valence-corrected chi connectivity index (χ3v) is 4.58. The quantitative estimate of drug-likeness (QED) is 0.568. The molecule has 106 valence electrons. The summed E-state index contributed by atoms with van der Waals surface area (Å²) in [7, 11) is 0. The van der Waals surface area contributed by atoms with Gasteiger partial charge in [-0.05, 0) is 25.2 Å². The van der Waals surface area contributed by atoms with Gasteiger partial charge in [0.25, 0.3) is 0 Å². The van der Waals surface area contributed by atoms with Gasteiger partial charge in [0, 0.05) is 11.5 Å². The molecule has 0 aromatic rings. The fourth-order valence-electron chi connectivity index (χ4n) is 3.30. The monoisotopic (exact) mass is 266 g/mol. The van der Waals surface area contributed by atoms with Crippen molar-refractivity contribution < 1.29 is 19.1 Å². The van der Waals surface area contributed by atoms with E-state index in [-0.39, 0.29) is 35.9 Å². The largest absolute Gasteiger partial charge is 0.458 e. The van der Waals surface area contributed by atoms with Crippen LogP contribution in [-0.2, 0) is 19.1 Å². The van der Waals surface area contributed by atoms with E-state index >= 15 is 0 Å². The minimum atomic E-state index is -0.405. The zero-order valence-corrected chi connectivity index (χ0v) is 12.0. The van der Waals surface area contributed by atoms with Crippen LogP contribution in [0.25, 0.3) is 0 Å². The number of carbonyl (C=O) groups excluding carboxylic acids is 2. The molecule has 2 aliphatic rings. The number of ether oxygens (including phenoxy) is 2. The van der Waals surface area contributed by atoms with Crippen molar-refractivity contribution in [1.29, 1.82) is 0 Å². The Kier molecular flexibility index (Phi) is 3.70. The predicted octanol–water partition coefficient (Wildman–Crippen LogP) is 2.33. The molecule has 2 rings (SSSR count). The summed E-state index contributed by atoms with van der Waals surface area (Å²) in [5.41, 5.74) is 0.373. The van der Waals surface area contributed by atoms with Crippen LogP contribution in [-0.4, -0.2) is 24.1 Å². The Morgan fingerprint density at radius 1 is 1.37 bits per heavy atom. The summed E-state index contributed by atoms with van der Waals surface area (Å²) >= 11 is 0. The second-order valence-electron chi connectivity index (χ2n) is 6.08. The molecule has 6 unspecified atom stereocenters. The molecule has 4 heteroatoms. The highest BCUT2D eigenvalue weighted by molar-refractivity contribution is 5.87. The molecule has 4 nitrogen and oxygen atoms in total. The van der Waals surface area contributed by atoms with Crippen molar-refractivity contribution in [2.75, 3.05) is 0 Å². The average Bonchev–Trinajstić information content (AvgIpc) is 2.34. The van der Waals surface area contributed by atoms with Gasteiger partial charge in [-0.2, -0.15) is 0 Å². The Bertz CT molecular complexity index is 414. The van der Waals surface area contributed by atoms with Crippen molar-refractivity contribution >= 4 is 11.9 Å². The maximum atomic E-state index is 11.8. The normalized spacial score (nSPS) is 41.4. The van der Waals surface area contributed by atoms with Crippen LogP contribution in [0.3, 0.4) is 0 Å². The molecule has 0 spiro atoms. The van der Waals surface area contributed by atoms with E-state index in [2.05, 4.69) is 13.5 Å². The first-order valence-corrected chi connectivity index (χ1v) is 6.90. The molecular formula is C15H22O4. The molecule has 0 N–H and O–H groups in total. The molecule has 2 fully saturated rings. The smallest absolute Gasteiger partial charge is 0.333 e. The number of esters is 2. The molecule has 1 saturated carbocycles. The lowest BCUT2D eigenvalue weighted by atomic mass is 9.65. The fourth-order valence-corrected chi connectivity index (χ4v) is 3.30. The SMILES string of the molecule is C=C(C)C(=O)OC1C(C)CC2C(C)C(=O)OC1C2C. The fraction of sp³-hybridized carbons (Fsp3) is 0.733. The predicted molar refractivity (Wildman–Crippen MR) is 70.2 cm³/mol. The Morgan fingerprint density at radius 2 is 2.00 bits per heavy atom. The minimum absolute atomic E-state index is 0.0634. The second kappa shape index (κ2) is 4.99. The van der Waals surface area contributed by atoms with Crippen LogP contribution < -0.4 is 0 Å². The third-order valence-electron chi connectivity index (χ3n) is 4.58. The van der Waals surface area contributed by atoms with Crippen molar-refractivity contribution in [3.05, 3.63) is 12.2 Å². The van der Waals surface area contributed by atoms with Crippen LogP contribution in [0, 0.1) is 23.7 Å². The molecule has 6 atom stereocenters. The Labute approximate surface area is 114 Å². The van der Waals surface area contributed by atoms with E-state index < -0.39 is 5.97 Å². The van der Waals surface area contributed by atoms with Gasteiger partial charge in [-0.1, -0.05) is 27.4 Å². The number of carbonyl (C=O) groups is 2. The van der Waals surface area contributed by atoms with Gasteiger partial charge < -0.3 is 9.47 Å². The molecule has 1 aliphatic heterocycles. The molecular weight excluding hydrogens is 244 g/mol. The number of hydrogen-bond acceptors (Lipinski definition) is 4. The van der Waals surface area contributed by atoms with Crippen LogP contribution in [0.1, 0.15) is 34.1 Å². The number of rotatable bonds is 2. The van der Waals surface area contributed by atoms with Gasteiger partial charge in [0.1, 0.15) is 12.2 Å². The average molecular weight is 266 g/mol. The van der Waals surface area contributed by atoms with Crippen LogP contribution in [0.4, 0.5) is 0 Å². The summed E-state index contributed by atoms with van der Waals surface area (Å²) < 4.78 is 11.0. The molecule has 1 saturated heterocycles. The van der Waals surface area contributed by atoms with E-state index in [9.17, 15) is 9.59 Å². The number of hydrogen-bond donors (Lipinski definition) is 0. The first kappa shape index (κ1) is 14.1. The van der Waals surface area contributed by atoms with Gasteiger partial charge in [-0.3, -0.25) is 4.79 Å². The summed E-state index contributed by atoms with van der Waals surface area (Å²) in [6.07, 6.45) is 0.217. The first-order chi connectivity index (χ1) is 8.82. The van der Waals surface area contributed by atoms with E-state index in [1.54, 1.807) is 6.92 Å². The van der Waals surface area contributed by atoms with E-state index in [4.69, 9.17) is 9.47 Å². The van der Waals surface area contributed by atoms with Crippen molar-refractivity contribution in [2.45, 2.75) is 46.3 Å². The summed E-state index contributed by atoms with van der Waals surface area (Å²) in [6, 6.07) is 0. The lowest BCUT2D eigenvalue weighted by molar-refractivity contribution is -0.206. The summed E-state index contributed by atoms with van der Waals surface area (Å²) in [5.74, 6) is 0.109. The molecule has 0 amide bonds. The van der Waals surface area contributed by atoms with Gasteiger partial charge in [0.05, 0.1) is 5.92 Å². The van der Waals surface area contributed by atoms with E-state index in [1.807, 2.05) is 13.8 Å². The maximum absolute atomic E-state index is 11.8. The topological polar surface area (TPSA) is 52.6 Å². The van der Waals surface area contributed by atoms with Crippen molar-refractivity contribution in [2.24, 2.45) is 23.7 Å². The Hall–Kier alpha value is -1.32. The highest BCUT2D eigenvalue weighted by atomic mass is 16.6. The molecule has 0 radical (unpaired) electrons. The van der Waals surface area contributed by atoms with Gasteiger partial charge >= 0.3 is 11.9 Å². The van der Waals surface area contributed by atoms with Crippen molar-refractivity contribution in [3.8, 4) is 0 Å². The summed E-state index contributed by atoms with van der Waals surface area (Å²) in [5, 5.41) is 0. The molecule has 0 aromatic carbocycles. The van der Waals surface area contributed by atoms with Gasteiger partial charge in [-0.15, -0.1) is 0 Å². The molecule has 2 bridgehead atoms. The highest BCUT2D eigenvalue weighted by Crippen LogP contribution is 2.45. The maximum Gasteiger partial charge on any atom is 0.333 e. The van der Waals surface area contributed by atoms with Crippen LogP contribution >= 0.6 is 0 Å². The van der Waals surface area contributed by atoms with Crippen molar-refractivity contribution in [1.82, 2.24) is 0 Å². The van der Waals surface area contributed by atoms with E-state index in [1.165, 1.54) is 0 Å². The molecule has 19 heavy (non-hydrogen) atoms. The summed E-state index contributed by atoms with van der Waals surface area (Å²) in [6.45, 7) is 11.3. The molecule has 0 aromatic heterocycles. The van der Waals surface area contributed by atoms with Crippen LogP contribution in [0.2, 0.25) is 0 Å². The van der Waals surface area contributed by atoms with Gasteiger partial charge in [0.2, 0.25) is 0 Å². The zero-order valence-electron chi connectivity index (χ0n) is 12.0. The minimum Gasteiger partial charge on any atom is -0.458 e. The highest BCUT2D eigenvalue weighted by Gasteiger charge is 2.52. The summed E-state index contributed by atoms with van der Waals surface area (Å²) in [4.78, 5) is 23.6. The molecule has 1 heterocycles. The molecule has 1 aliphatic carbocycles. The number of fused-ring (bicyclic) bond motifs is 2. The lowest BCUT2D eigenvalue weighted by Crippen LogP contribution is -2.56. The van der Waals surface area contributed by atoms with Gasteiger partial charge in [0.15, 0.2) is 0 Å². The Morgan fingerprint density at radius 3 is 2.58 bits per heavy atom. The first-order valence-electron chi connectivity index (χ1n) is 6.90. The van der Waals surface area contributed by atoms with Gasteiger partial charge in [-0.25, -0.2) is 4.79 Å².